The topological polar surface area (TPSA) is 49.3 Å². The normalized spacial score (nSPS) is 10.6. The Morgan fingerprint density at radius 3 is 2.41 bits per heavy atom. The molecule has 3 rings (SSSR count). The Bertz CT molecular complexity index is 880. The number of halogens is 2. The van der Waals surface area contributed by atoms with Crippen LogP contribution in [0.4, 0.5) is 11.4 Å². The predicted octanol–water partition coefficient (Wildman–Crippen LogP) is 5.70. The highest BCUT2D eigenvalue weighted by Crippen LogP contribution is 2.38. The van der Waals surface area contributed by atoms with E-state index in [0.29, 0.717) is 16.4 Å². The number of carbonyl (C=O) groups is 1. The van der Waals surface area contributed by atoms with Crippen molar-refractivity contribution in [1.29, 1.82) is 0 Å². The Labute approximate surface area is 140 Å². The standard InChI is InChI=1S/C17H11BrClNO2/c18-13-9-14(19)16(11-6-2-1-5-10(11)13)20-15-8-4-3-7-12(15)17(21)22/h1-9,20H,(H,21,22). The summed E-state index contributed by atoms with van der Waals surface area (Å²) in [6, 6.07) is 16.3. The van der Waals surface area contributed by atoms with E-state index in [1.807, 2.05) is 24.3 Å². The van der Waals surface area contributed by atoms with Gasteiger partial charge in [-0.25, -0.2) is 4.79 Å². The molecule has 3 aromatic rings. The molecule has 0 aliphatic carbocycles. The number of hydrogen-bond acceptors (Lipinski definition) is 2. The minimum atomic E-state index is -0.986. The van der Waals surface area contributed by atoms with E-state index in [1.165, 1.54) is 0 Å². The number of fused-ring (bicyclic) bond motifs is 1. The van der Waals surface area contributed by atoms with Crippen LogP contribution in [0.1, 0.15) is 10.4 Å². The number of rotatable bonds is 3. The van der Waals surface area contributed by atoms with Gasteiger partial charge in [-0.3, -0.25) is 0 Å². The van der Waals surface area contributed by atoms with Crippen LogP contribution >= 0.6 is 27.5 Å². The van der Waals surface area contributed by atoms with Crippen molar-refractivity contribution in [3.63, 3.8) is 0 Å². The molecule has 0 saturated heterocycles. The van der Waals surface area contributed by atoms with Gasteiger partial charge in [-0.05, 0) is 23.6 Å². The summed E-state index contributed by atoms with van der Waals surface area (Å²) in [7, 11) is 0. The van der Waals surface area contributed by atoms with Crippen molar-refractivity contribution in [2.75, 3.05) is 5.32 Å². The second-order valence-corrected chi connectivity index (χ2v) is 6.00. The van der Waals surface area contributed by atoms with Crippen molar-refractivity contribution in [3.05, 3.63) is 69.7 Å². The van der Waals surface area contributed by atoms with Crippen molar-refractivity contribution in [3.8, 4) is 0 Å². The van der Waals surface area contributed by atoms with Gasteiger partial charge in [-0.1, -0.05) is 63.9 Å². The number of carboxylic acids is 1. The Balaban J connectivity index is 2.18. The Kier molecular flexibility index (Phi) is 4.05. The zero-order chi connectivity index (χ0) is 15.7. The Hall–Kier alpha value is -2.04. The molecular formula is C17H11BrClNO2. The summed E-state index contributed by atoms with van der Waals surface area (Å²) in [5.41, 5.74) is 1.39. The molecule has 0 aliphatic heterocycles. The van der Waals surface area contributed by atoms with Gasteiger partial charge in [0.1, 0.15) is 0 Å². The maximum atomic E-state index is 11.3. The number of anilines is 2. The molecule has 2 N–H and O–H groups in total. The minimum absolute atomic E-state index is 0.200. The van der Waals surface area contributed by atoms with Gasteiger partial charge in [0.2, 0.25) is 0 Å². The molecule has 110 valence electrons. The number of benzene rings is 3. The average Bonchev–Trinajstić information content (AvgIpc) is 2.51. The lowest BCUT2D eigenvalue weighted by molar-refractivity contribution is 0.0698. The lowest BCUT2D eigenvalue weighted by Crippen LogP contribution is -2.03. The van der Waals surface area contributed by atoms with Crippen molar-refractivity contribution >= 4 is 55.6 Å². The summed E-state index contributed by atoms with van der Waals surface area (Å²) in [6.45, 7) is 0. The first-order valence-electron chi connectivity index (χ1n) is 6.54. The second kappa shape index (κ2) is 5.99. The van der Waals surface area contributed by atoms with Crippen LogP contribution in [0.2, 0.25) is 5.02 Å². The molecular weight excluding hydrogens is 366 g/mol. The number of nitrogens with one attached hydrogen (secondary N) is 1. The van der Waals surface area contributed by atoms with Gasteiger partial charge >= 0.3 is 5.97 Å². The Morgan fingerprint density at radius 1 is 1.05 bits per heavy atom. The fraction of sp³-hybridized carbons (Fsp3) is 0. The van der Waals surface area contributed by atoms with Crippen LogP contribution in [0.5, 0.6) is 0 Å². The largest absolute Gasteiger partial charge is 0.478 e. The van der Waals surface area contributed by atoms with Crippen LogP contribution in [-0.2, 0) is 0 Å². The lowest BCUT2D eigenvalue weighted by Gasteiger charge is -2.14. The molecule has 0 amide bonds. The van der Waals surface area contributed by atoms with Gasteiger partial charge < -0.3 is 10.4 Å². The van der Waals surface area contributed by atoms with Crippen molar-refractivity contribution in [2.24, 2.45) is 0 Å². The van der Waals surface area contributed by atoms with Gasteiger partial charge in [0.15, 0.2) is 0 Å². The maximum Gasteiger partial charge on any atom is 0.337 e. The summed E-state index contributed by atoms with van der Waals surface area (Å²) in [6.07, 6.45) is 0. The molecule has 0 saturated carbocycles. The van der Waals surface area contributed by atoms with E-state index in [-0.39, 0.29) is 5.56 Å². The smallest absolute Gasteiger partial charge is 0.337 e. The van der Waals surface area contributed by atoms with Gasteiger partial charge in [0.25, 0.3) is 0 Å². The van der Waals surface area contributed by atoms with Gasteiger partial charge in [0, 0.05) is 9.86 Å². The highest BCUT2D eigenvalue weighted by molar-refractivity contribution is 9.10. The van der Waals surface area contributed by atoms with Crippen molar-refractivity contribution < 1.29 is 9.90 Å². The molecule has 5 heteroatoms. The average molecular weight is 377 g/mol. The summed E-state index contributed by atoms with van der Waals surface area (Å²) < 4.78 is 0.894. The van der Waals surface area contributed by atoms with Crippen LogP contribution in [0.25, 0.3) is 10.8 Å². The van der Waals surface area contributed by atoms with Gasteiger partial charge in [0.05, 0.1) is 22.0 Å². The molecule has 0 radical (unpaired) electrons. The number of aromatic carboxylic acids is 1. The molecule has 0 spiro atoms. The first-order chi connectivity index (χ1) is 10.6. The zero-order valence-corrected chi connectivity index (χ0v) is 13.6. The summed E-state index contributed by atoms with van der Waals surface area (Å²) in [5.74, 6) is -0.986. The molecule has 0 aromatic heterocycles. The van der Waals surface area contributed by atoms with E-state index >= 15 is 0 Å². The first kappa shape index (κ1) is 14.9. The number of carboxylic acid groups (broad SMARTS) is 1. The van der Waals surface area contributed by atoms with Gasteiger partial charge in [-0.2, -0.15) is 0 Å². The van der Waals surface area contributed by atoms with Gasteiger partial charge in [-0.15, -0.1) is 0 Å². The van der Waals surface area contributed by atoms with Crippen LogP contribution in [0.15, 0.2) is 59.1 Å². The number of para-hydroxylation sites is 1. The molecule has 0 bridgehead atoms. The minimum Gasteiger partial charge on any atom is -0.478 e. The van der Waals surface area contributed by atoms with Crippen molar-refractivity contribution in [1.82, 2.24) is 0 Å². The monoisotopic (exact) mass is 375 g/mol. The van der Waals surface area contributed by atoms with Crippen LogP contribution in [0.3, 0.4) is 0 Å². The summed E-state index contributed by atoms with van der Waals surface area (Å²) >= 11 is 9.85. The van der Waals surface area contributed by atoms with Crippen molar-refractivity contribution in [2.45, 2.75) is 0 Å². The summed E-state index contributed by atoms with van der Waals surface area (Å²) in [4.78, 5) is 11.3. The SMILES string of the molecule is O=C(O)c1ccccc1Nc1c(Cl)cc(Br)c2ccccc12. The summed E-state index contributed by atoms with van der Waals surface area (Å²) in [5, 5.41) is 14.9. The lowest BCUT2D eigenvalue weighted by atomic mass is 10.1. The zero-order valence-electron chi connectivity index (χ0n) is 11.3. The maximum absolute atomic E-state index is 11.3. The quantitative estimate of drug-likeness (QED) is 0.616. The molecule has 22 heavy (non-hydrogen) atoms. The van der Waals surface area contributed by atoms with E-state index < -0.39 is 5.97 Å². The third-order valence-electron chi connectivity index (χ3n) is 3.36. The molecule has 3 nitrogen and oxygen atoms in total. The molecule has 0 fully saturated rings. The predicted molar refractivity (Wildman–Crippen MR) is 93.3 cm³/mol. The highest BCUT2D eigenvalue weighted by atomic mass is 79.9. The molecule has 0 heterocycles. The molecule has 0 aliphatic rings. The van der Waals surface area contributed by atoms with E-state index in [2.05, 4.69) is 21.2 Å². The highest BCUT2D eigenvalue weighted by Gasteiger charge is 2.13. The van der Waals surface area contributed by atoms with Crippen LogP contribution < -0.4 is 5.32 Å². The van der Waals surface area contributed by atoms with E-state index in [9.17, 15) is 9.90 Å². The van der Waals surface area contributed by atoms with E-state index in [4.69, 9.17) is 11.6 Å². The van der Waals surface area contributed by atoms with E-state index in [0.717, 1.165) is 15.2 Å². The third kappa shape index (κ3) is 2.67. The van der Waals surface area contributed by atoms with E-state index in [1.54, 1.807) is 30.3 Å². The molecule has 0 unspecified atom stereocenters. The molecule has 0 atom stereocenters. The second-order valence-electron chi connectivity index (χ2n) is 4.74. The fourth-order valence-electron chi connectivity index (χ4n) is 2.34. The fourth-order valence-corrected chi connectivity index (χ4v) is 3.30. The third-order valence-corrected chi connectivity index (χ3v) is 4.32. The van der Waals surface area contributed by atoms with Crippen LogP contribution in [-0.4, -0.2) is 11.1 Å². The Morgan fingerprint density at radius 2 is 1.68 bits per heavy atom. The van der Waals surface area contributed by atoms with Crippen LogP contribution in [0, 0.1) is 0 Å². The molecule has 3 aromatic carbocycles. The number of hydrogen-bond donors (Lipinski definition) is 2. The first-order valence-corrected chi connectivity index (χ1v) is 7.71.